The first kappa shape index (κ1) is 26.5. The number of piperidine rings is 1. The van der Waals surface area contributed by atoms with Gasteiger partial charge in [-0.1, -0.05) is 41.9 Å². The third kappa shape index (κ3) is 5.88. The van der Waals surface area contributed by atoms with E-state index in [1.807, 2.05) is 49.4 Å². The Morgan fingerprint density at radius 3 is 2.30 bits per heavy atom. The predicted molar refractivity (Wildman–Crippen MR) is 134 cm³/mol. The molecule has 0 bridgehead atoms. The molecule has 0 unspecified atom stereocenters. The normalized spacial score (nSPS) is 16.6. The molecule has 3 aromatic carbocycles. The van der Waals surface area contributed by atoms with Crippen LogP contribution in [0.4, 0.5) is 19.3 Å². The summed E-state index contributed by atoms with van der Waals surface area (Å²) in [5.41, 5.74) is 3.63. The number of nitrogens with zero attached hydrogens (tertiary/aromatic N) is 2. The van der Waals surface area contributed by atoms with Crippen molar-refractivity contribution < 1.29 is 27.9 Å². The van der Waals surface area contributed by atoms with Gasteiger partial charge in [0.25, 0.3) is 0 Å². The van der Waals surface area contributed by atoms with E-state index in [9.17, 15) is 13.6 Å². The molecule has 2 aliphatic heterocycles. The summed E-state index contributed by atoms with van der Waals surface area (Å²) >= 11 is 6.57. The van der Waals surface area contributed by atoms with Gasteiger partial charge >= 0.3 is 12.2 Å². The standard InChI is InChI=1S/C27H25ClF2N2O2.CO2/c1-18-13-19(14-22(28)25(18)20-7-8-23(29)24(30)15-20)16-31-11-9-27(10-12-31)17-32(26(33)34-27)21-5-3-2-4-6-21;2-1-3/h2-8,13-15H,9-12,16-17H2,1H3;. The van der Waals surface area contributed by atoms with Gasteiger partial charge in [-0.05, 0) is 53.9 Å². The van der Waals surface area contributed by atoms with Gasteiger partial charge in [0.2, 0.25) is 0 Å². The lowest BCUT2D eigenvalue weighted by Crippen LogP contribution is -2.46. The van der Waals surface area contributed by atoms with Crippen LogP contribution in [0.25, 0.3) is 11.1 Å². The Bertz CT molecular complexity index is 1300. The van der Waals surface area contributed by atoms with Crippen LogP contribution >= 0.6 is 11.6 Å². The molecule has 2 saturated heterocycles. The molecule has 2 fully saturated rings. The van der Waals surface area contributed by atoms with E-state index in [-0.39, 0.29) is 12.2 Å². The minimum atomic E-state index is -0.891. The molecule has 2 heterocycles. The number of benzene rings is 3. The number of carbonyl (C=O) groups is 1. The maximum absolute atomic E-state index is 13.7. The number of rotatable bonds is 4. The van der Waals surface area contributed by atoms with Crippen LogP contribution in [-0.2, 0) is 20.9 Å². The van der Waals surface area contributed by atoms with Crippen LogP contribution in [0.3, 0.4) is 0 Å². The minimum absolute atomic E-state index is 0.250. The Morgan fingerprint density at radius 2 is 1.68 bits per heavy atom. The van der Waals surface area contributed by atoms with Gasteiger partial charge in [0.05, 0.1) is 6.54 Å². The summed E-state index contributed by atoms with van der Waals surface area (Å²) in [5, 5.41) is 0.512. The molecule has 0 atom stereocenters. The molecule has 0 aromatic heterocycles. The van der Waals surface area contributed by atoms with Gasteiger partial charge in [-0.2, -0.15) is 9.59 Å². The molecule has 1 spiro atoms. The van der Waals surface area contributed by atoms with Gasteiger partial charge in [0, 0.05) is 48.7 Å². The van der Waals surface area contributed by atoms with Crippen LogP contribution in [-0.4, -0.2) is 42.4 Å². The fourth-order valence-electron chi connectivity index (χ4n) is 4.99. The highest BCUT2D eigenvalue weighted by molar-refractivity contribution is 6.33. The number of aryl methyl sites for hydroxylation is 1. The fraction of sp³-hybridized carbons (Fsp3) is 0.286. The molecule has 3 aromatic rings. The van der Waals surface area contributed by atoms with Crippen molar-refractivity contribution in [2.75, 3.05) is 24.5 Å². The Kier molecular flexibility index (Phi) is 8.03. The van der Waals surface area contributed by atoms with Crippen molar-refractivity contribution in [3.8, 4) is 11.1 Å². The first-order chi connectivity index (χ1) is 17.7. The largest absolute Gasteiger partial charge is 0.441 e. The Labute approximate surface area is 218 Å². The van der Waals surface area contributed by atoms with E-state index in [1.165, 1.54) is 12.1 Å². The number of halogens is 3. The van der Waals surface area contributed by atoms with Crippen LogP contribution in [0.15, 0.2) is 60.7 Å². The van der Waals surface area contributed by atoms with Crippen molar-refractivity contribution in [1.29, 1.82) is 0 Å². The highest BCUT2D eigenvalue weighted by atomic mass is 35.5. The quantitative estimate of drug-likeness (QED) is 0.417. The second kappa shape index (κ2) is 11.2. The van der Waals surface area contributed by atoms with Crippen LogP contribution in [0.2, 0.25) is 5.02 Å². The van der Waals surface area contributed by atoms with Crippen molar-refractivity contribution in [1.82, 2.24) is 4.90 Å². The maximum atomic E-state index is 13.7. The Morgan fingerprint density at radius 1 is 1.00 bits per heavy atom. The zero-order chi connectivity index (χ0) is 26.6. The molecular formula is C28H25ClF2N2O4. The molecule has 1 amide bonds. The second-order valence-corrected chi connectivity index (χ2v) is 9.64. The molecule has 0 radical (unpaired) electrons. The average molecular weight is 527 g/mol. The third-order valence-corrected chi connectivity index (χ3v) is 7.07. The summed E-state index contributed by atoms with van der Waals surface area (Å²) in [6.07, 6.45) is 1.50. The Hall–Kier alpha value is -3.58. The molecule has 192 valence electrons. The number of hydrogen-bond acceptors (Lipinski definition) is 5. The van der Waals surface area contributed by atoms with Crippen molar-refractivity contribution in [3.05, 3.63) is 88.4 Å². The number of ether oxygens (including phenoxy) is 1. The van der Waals surface area contributed by atoms with Gasteiger partial charge < -0.3 is 4.74 Å². The zero-order valence-electron chi connectivity index (χ0n) is 20.2. The number of likely N-dealkylation sites (tertiary alicyclic amines) is 1. The van der Waals surface area contributed by atoms with Crippen molar-refractivity contribution >= 4 is 29.5 Å². The third-order valence-electron chi connectivity index (χ3n) is 6.77. The summed E-state index contributed by atoms with van der Waals surface area (Å²) in [4.78, 5) is 32.8. The molecule has 37 heavy (non-hydrogen) atoms. The maximum Gasteiger partial charge on any atom is 0.415 e. The van der Waals surface area contributed by atoms with Crippen LogP contribution in [0.1, 0.15) is 24.0 Å². The van der Waals surface area contributed by atoms with E-state index in [0.29, 0.717) is 29.2 Å². The fourth-order valence-corrected chi connectivity index (χ4v) is 5.39. The minimum Gasteiger partial charge on any atom is -0.441 e. The van der Waals surface area contributed by atoms with Gasteiger partial charge in [-0.15, -0.1) is 0 Å². The SMILES string of the molecule is Cc1cc(CN2CCC3(CC2)CN(c2ccccc2)C(=O)O3)cc(Cl)c1-c1ccc(F)c(F)c1.O=C=O. The predicted octanol–water partition coefficient (Wildman–Crippen LogP) is 6.00. The molecule has 5 rings (SSSR count). The molecular weight excluding hydrogens is 502 g/mol. The van der Waals surface area contributed by atoms with E-state index < -0.39 is 17.2 Å². The molecule has 0 N–H and O–H groups in total. The van der Waals surface area contributed by atoms with Crippen LogP contribution in [0, 0.1) is 18.6 Å². The van der Waals surface area contributed by atoms with Crippen molar-refractivity contribution in [2.45, 2.75) is 31.9 Å². The second-order valence-electron chi connectivity index (χ2n) is 9.23. The number of amides is 1. The summed E-state index contributed by atoms with van der Waals surface area (Å²) in [7, 11) is 0. The zero-order valence-corrected chi connectivity index (χ0v) is 20.9. The van der Waals surface area contributed by atoms with Gasteiger partial charge in [-0.25, -0.2) is 13.6 Å². The first-order valence-electron chi connectivity index (χ1n) is 11.8. The van der Waals surface area contributed by atoms with E-state index in [1.54, 1.807) is 4.90 Å². The number of para-hydroxylation sites is 1. The lowest BCUT2D eigenvalue weighted by molar-refractivity contribution is -0.191. The van der Waals surface area contributed by atoms with Crippen LogP contribution < -0.4 is 4.90 Å². The lowest BCUT2D eigenvalue weighted by atomic mass is 9.90. The molecule has 0 aliphatic carbocycles. The topological polar surface area (TPSA) is 66.9 Å². The highest BCUT2D eigenvalue weighted by Crippen LogP contribution is 2.37. The van der Waals surface area contributed by atoms with Crippen molar-refractivity contribution in [2.24, 2.45) is 0 Å². The average Bonchev–Trinajstić information content (AvgIpc) is 3.19. The number of hydrogen-bond donors (Lipinski definition) is 0. The smallest absolute Gasteiger partial charge is 0.415 e. The molecule has 9 heteroatoms. The Balaban J connectivity index is 0.00000102. The van der Waals surface area contributed by atoms with E-state index in [0.717, 1.165) is 48.8 Å². The molecule has 2 aliphatic rings. The summed E-state index contributed by atoms with van der Waals surface area (Å²) in [5.74, 6) is -1.77. The van der Waals surface area contributed by atoms with Gasteiger partial charge in [0.15, 0.2) is 11.6 Å². The summed E-state index contributed by atoms with van der Waals surface area (Å²) < 4.78 is 32.9. The van der Waals surface area contributed by atoms with Gasteiger partial charge in [-0.3, -0.25) is 9.80 Å². The summed E-state index contributed by atoms with van der Waals surface area (Å²) in [6.45, 7) is 4.81. The van der Waals surface area contributed by atoms with E-state index in [4.69, 9.17) is 25.9 Å². The molecule has 0 saturated carbocycles. The highest BCUT2D eigenvalue weighted by Gasteiger charge is 2.47. The first-order valence-corrected chi connectivity index (χ1v) is 12.1. The van der Waals surface area contributed by atoms with Gasteiger partial charge in [0.1, 0.15) is 5.60 Å². The lowest BCUT2D eigenvalue weighted by Gasteiger charge is -2.37. The van der Waals surface area contributed by atoms with E-state index >= 15 is 0 Å². The number of anilines is 1. The van der Waals surface area contributed by atoms with Crippen LogP contribution in [0.5, 0.6) is 0 Å². The number of carbonyl (C=O) groups excluding carboxylic acids is 3. The summed E-state index contributed by atoms with van der Waals surface area (Å²) in [6, 6.07) is 17.4. The van der Waals surface area contributed by atoms with E-state index in [2.05, 4.69) is 4.90 Å². The molecule has 6 nitrogen and oxygen atoms in total. The van der Waals surface area contributed by atoms with Crippen molar-refractivity contribution in [3.63, 3.8) is 0 Å². The monoisotopic (exact) mass is 526 g/mol.